The molecule has 2 unspecified atom stereocenters. The minimum atomic E-state index is 0.0990. The van der Waals surface area contributed by atoms with Crippen molar-refractivity contribution >= 4 is 28.9 Å². The lowest BCUT2D eigenvalue weighted by Gasteiger charge is -2.60. The summed E-state index contributed by atoms with van der Waals surface area (Å²) in [4.78, 5) is 1.76. The molecule has 5 fully saturated rings. The van der Waals surface area contributed by atoms with Gasteiger partial charge in [-0.05, 0) is 68.0 Å². The van der Waals surface area contributed by atoms with Crippen LogP contribution in [0, 0.1) is 17.3 Å². The molecule has 4 atom stereocenters. The van der Waals surface area contributed by atoms with Crippen molar-refractivity contribution in [3.63, 3.8) is 0 Å². The van der Waals surface area contributed by atoms with E-state index in [0.717, 1.165) is 62.8 Å². The molecule has 0 spiro atoms. The van der Waals surface area contributed by atoms with Gasteiger partial charge in [-0.1, -0.05) is 0 Å². The highest BCUT2D eigenvalue weighted by atomic mass is 35.5. The minimum absolute atomic E-state index is 0.0990. The molecular formula is C19H33ClN3OS+. The van der Waals surface area contributed by atoms with Crippen LogP contribution in [0.5, 0.6) is 0 Å². The molecule has 0 aromatic heterocycles. The van der Waals surface area contributed by atoms with Crippen LogP contribution < -0.4 is 15.5 Å². The Kier molecular flexibility index (Phi) is 5.48. The van der Waals surface area contributed by atoms with Crippen molar-refractivity contribution < 1.29 is 9.64 Å². The topological polar surface area (TPSA) is 37.7 Å². The van der Waals surface area contributed by atoms with Gasteiger partial charge in [-0.3, -0.25) is 0 Å². The third-order valence-corrected chi connectivity index (χ3v) is 7.66. The standard InChI is InChI=1S/C19H32ClN3OS/c20-19-11-15-8-16(12-19)10-18(9-15,13-19)14-22-17(25)21-2-1-3-23-4-6-24-7-5-23/h15-16H,1-14H2,(H2,21,22,25)/p+1/t15-,16+,18?,19?. The van der Waals surface area contributed by atoms with E-state index in [1.165, 1.54) is 45.1 Å². The molecule has 0 amide bonds. The smallest absolute Gasteiger partial charge is 0.166 e. The molecule has 5 aliphatic rings. The maximum absolute atomic E-state index is 6.92. The minimum Gasteiger partial charge on any atom is -0.370 e. The second-order valence-electron chi connectivity index (χ2n) is 9.19. The van der Waals surface area contributed by atoms with Crippen molar-refractivity contribution in [3.8, 4) is 0 Å². The highest BCUT2D eigenvalue weighted by Crippen LogP contribution is 2.63. The highest BCUT2D eigenvalue weighted by Gasteiger charge is 2.56. The molecule has 0 radical (unpaired) electrons. The Labute approximate surface area is 162 Å². The van der Waals surface area contributed by atoms with E-state index < -0.39 is 0 Å². The summed E-state index contributed by atoms with van der Waals surface area (Å²) in [5, 5.41) is 7.77. The fourth-order valence-corrected chi connectivity index (χ4v) is 7.22. The maximum Gasteiger partial charge on any atom is 0.166 e. The second-order valence-corrected chi connectivity index (χ2v) is 10.4. The molecule has 1 saturated heterocycles. The van der Waals surface area contributed by atoms with E-state index in [1.54, 1.807) is 4.90 Å². The Morgan fingerprint density at radius 2 is 1.84 bits per heavy atom. The molecular weight excluding hydrogens is 354 g/mol. The average molecular weight is 387 g/mol. The van der Waals surface area contributed by atoms with Crippen LogP contribution in [0.4, 0.5) is 0 Å². The predicted octanol–water partition coefficient (Wildman–Crippen LogP) is 1.33. The molecule has 0 aromatic carbocycles. The number of alkyl halides is 1. The molecule has 4 bridgehead atoms. The quantitative estimate of drug-likeness (QED) is 0.366. The molecule has 0 aromatic rings. The molecule has 6 heteroatoms. The van der Waals surface area contributed by atoms with Gasteiger partial charge in [0.1, 0.15) is 13.1 Å². The van der Waals surface area contributed by atoms with E-state index in [-0.39, 0.29) is 4.87 Å². The summed E-state index contributed by atoms with van der Waals surface area (Å²) >= 11 is 12.4. The Bertz CT molecular complexity index is 483. The largest absolute Gasteiger partial charge is 0.370 e. The number of morpholine rings is 1. The molecule has 3 N–H and O–H groups in total. The number of nitrogens with one attached hydrogen (secondary N) is 3. The SMILES string of the molecule is S=C(NCCC[NH+]1CCOCC1)NCC12C[C@@H]3C[C@@H](CC(Cl)(C3)C1)C2. The summed E-state index contributed by atoms with van der Waals surface area (Å²) in [6, 6.07) is 0. The van der Waals surface area contributed by atoms with Crippen LogP contribution in [0.2, 0.25) is 0 Å². The predicted molar refractivity (Wildman–Crippen MR) is 105 cm³/mol. The summed E-state index contributed by atoms with van der Waals surface area (Å²) < 4.78 is 5.41. The summed E-state index contributed by atoms with van der Waals surface area (Å²) in [5.41, 5.74) is 0.398. The van der Waals surface area contributed by atoms with E-state index in [1.807, 2.05) is 0 Å². The molecule has 4 aliphatic carbocycles. The fraction of sp³-hybridized carbons (Fsp3) is 0.947. The van der Waals surface area contributed by atoms with E-state index in [0.29, 0.717) is 5.41 Å². The lowest BCUT2D eigenvalue weighted by molar-refractivity contribution is -0.908. The van der Waals surface area contributed by atoms with Crippen molar-refractivity contribution in [2.45, 2.75) is 49.8 Å². The zero-order chi connectivity index (χ0) is 17.3. The van der Waals surface area contributed by atoms with E-state index in [4.69, 9.17) is 28.6 Å². The Morgan fingerprint density at radius 1 is 1.12 bits per heavy atom. The average Bonchev–Trinajstić information content (AvgIpc) is 2.56. The monoisotopic (exact) mass is 386 g/mol. The maximum atomic E-state index is 6.92. The molecule has 5 rings (SSSR count). The van der Waals surface area contributed by atoms with Crippen molar-refractivity contribution in [1.29, 1.82) is 0 Å². The van der Waals surface area contributed by atoms with Crippen LogP contribution >= 0.6 is 23.8 Å². The number of thiocarbonyl (C=S) groups is 1. The second kappa shape index (κ2) is 7.49. The molecule has 1 heterocycles. The van der Waals surface area contributed by atoms with Crippen molar-refractivity contribution in [2.75, 3.05) is 45.9 Å². The third-order valence-electron chi connectivity index (χ3n) is 6.93. The van der Waals surface area contributed by atoms with E-state index >= 15 is 0 Å². The molecule has 142 valence electrons. The Hall–Kier alpha value is -0.100. The first-order chi connectivity index (χ1) is 12.0. The van der Waals surface area contributed by atoms with Crippen molar-refractivity contribution in [2.24, 2.45) is 17.3 Å². The lowest BCUT2D eigenvalue weighted by Crippen LogP contribution is -3.14. The van der Waals surface area contributed by atoms with Gasteiger partial charge in [0.15, 0.2) is 5.11 Å². The molecule has 4 nitrogen and oxygen atoms in total. The fourth-order valence-electron chi connectivity index (χ4n) is 6.32. The normalized spacial score (nSPS) is 40.2. The third kappa shape index (κ3) is 4.42. The number of quaternary nitrogens is 1. The van der Waals surface area contributed by atoms with Gasteiger partial charge >= 0.3 is 0 Å². The van der Waals surface area contributed by atoms with Crippen LogP contribution in [-0.2, 0) is 4.74 Å². The zero-order valence-electron chi connectivity index (χ0n) is 15.2. The van der Waals surface area contributed by atoms with Gasteiger partial charge in [-0.15, -0.1) is 11.6 Å². The van der Waals surface area contributed by atoms with Gasteiger partial charge in [0.2, 0.25) is 0 Å². The van der Waals surface area contributed by atoms with Gasteiger partial charge in [-0.25, -0.2) is 0 Å². The first kappa shape index (κ1) is 18.3. The Morgan fingerprint density at radius 3 is 2.52 bits per heavy atom. The van der Waals surface area contributed by atoms with Crippen LogP contribution in [0.3, 0.4) is 0 Å². The molecule has 4 saturated carbocycles. The van der Waals surface area contributed by atoms with Crippen molar-refractivity contribution in [3.05, 3.63) is 0 Å². The highest BCUT2D eigenvalue weighted by molar-refractivity contribution is 7.80. The number of halogens is 1. The molecule has 25 heavy (non-hydrogen) atoms. The number of rotatable bonds is 6. The van der Waals surface area contributed by atoms with E-state index in [9.17, 15) is 0 Å². The Balaban J connectivity index is 1.16. The number of ether oxygens (including phenoxy) is 1. The zero-order valence-corrected chi connectivity index (χ0v) is 16.8. The van der Waals surface area contributed by atoms with Gasteiger partial charge in [0.25, 0.3) is 0 Å². The van der Waals surface area contributed by atoms with Gasteiger partial charge in [0, 0.05) is 24.4 Å². The first-order valence-electron chi connectivity index (χ1n) is 10.2. The van der Waals surface area contributed by atoms with Gasteiger partial charge in [-0.2, -0.15) is 0 Å². The number of hydrogen-bond acceptors (Lipinski definition) is 2. The van der Waals surface area contributed by atoms with Gasteiger partial charge in [0.05, 0.1) is 19.8 Å². The summed E-state index contributed by atoms with van der Waals surface area (Å²) in [6.07, 6.45) is 8.98. The lowest BCUT2D eigenvalue weighted by atomic mass is 9.49. The van der Waals surface area contributed by atoms with Gasteiger partial charge < -0.3 is 20.3 Å². The number of hydrogen-bond donors (Lipinski definition) is 3. The van der Waals surface area contributed by atoms with Crippen LogP contribution in [0.1, 0.15) is 44.9 Å². The summed E-state index contributed by atoms with van der Waals surface area (Å²) in [6.45, 7) is 7.30. The van der Waals surface area contributed by atoms with Crippen molar-refractivity contribution in [1.82, 2.24) is 10.6 Å². The first-order valence-corrected chi connectivity index (χ1v) is 10.9. The summed E-state index contributed by atoms with van der Waals surface area (Å²) in [7, 11) is 0. The van der Waals surface area contributed by atoms with Crippen LogP contribution in [-0.4, -0.2) is 55.9 Å². The summed E-state index contributed by atoms with van der Waals surface area (Å²) in [5.74, 6) is 1.72. The van der Waals surface area contributed by atoms with E-state index in [2.05, 4.69) is 10.6 Å². The van der Waals surface area contributed by atoms with Crippen LogP contribution in [0.15, 0.2) is 0 Å². The molecule has 1 aliphatic heterocycles. The van der Waals surface area contributed by atoms with Crippen LogP contribution in [0.25, 0.3) is 0 Å².